The van der Waals surface area contributed by atoms with Crippen molar-refractivity contribution < 1.29 is 19.1 Å². The lowest BCUT2D eigenvalue weighted by atomic mass is 9.87. The fourth-order valence-corrected chi connectivity index (χ4v) is 2.95. The number of alkyl carbamates (subject to hydrolysis) is 1. The molecular weight excluding hydrogens is 334 g/mol. The number of carbonyl (C=O) groups excluding carboxylic acids is 3. The molecule has 3 N–H and O–H groups in total. The van der Waals surface area contributed by atoms with Gasteiger partial charge >= 0.3 is 6.09 Å². The van der Waals surface area contributed by atoms with Gasteiger partial charge in [-0.1, -0.05) is 19.3 Å². The van der Waals surface area contributed by atoms with E-state index in [0.717, 1.165) is 0 Å². The first kappa shape index (κ1) is 22.3. The topological polar surface area (TPSA) is 96.5 Å². The molecule has 0 aromatic heterocycles. The molecule has 0 aliphatic heterocycles. The molecule has 0 unspecified atom stereocenters. The average molecular weight is 370 g/mol. The van der Waals surface area contributed by atoms with Crippen LogP contribution in [0.15, 0.2) is 0 Å². The fraction of sp³-hybridized carbons (Fsp3) is 0.842. The molecular formula is C19H35N3O4. The number of carbonyl (C=O) groups is 3. The number of nitrogens with one attached hydrogen (secondary N) is 3. The van der Waals surface area contributed by atoms with E-state index in [9.17, 15) is 14.4 Å². The minimum absolute atomic E-state index is 0.116. The minimum atomic E-state index is -0.548. The van der Waals surface area contributed by atoms with Crippen LogP contribution in [0.5, 0.6) is 0 Å². The second kappa shape index (κ2) is 11.8. The quantitative estimate of drug-likeness (QED) is 0.544. The van der Waals surface area contributed by atoms with Crippen LogP contribution in [0.25, 0.3) is 0 Å². The van der Waals surface area contributed by atoms with Gasteiger partial charge in [0, 0.05) is 32.5 Å². The second-order valence-corrected chi connectivity index (χ2v) is 7.94. The summed E-state index contributed by atoms with van der Waals surface area (Å²) in [6.07, 6.45) is 7.12. The smallest absolute Gasteiger partial charge is 0.407 e. The molecule has 1 saturated carbocycles. The molecule has 0 spiro atoms. The van der Waals surface area contributed by atoms with Crippen LogP contribution in [0.3, 0.4) is 0 Å². The third-order valence-electron chi connectivity index (χ3n) is 4.22. The highest BCUT2D eigenvalue weighted by Gasteiger charge is 2.17. The standard InChI is InChI=1S/C19H35N3O4/c1-19(2,3)26-18(25)22-13-10-16(23)20-11-7-12-21-17(24)14-15-8-5-4-6-9-15/h15H,4-14H2,1-3H3,(H,20,23)(H,21,24)(H,22,25). The molecule has 3 amide bonds. The summed E-state index contributed by atoms with van der Waals surface area (Å²) in [7, 11) is 0. The summed E-state index contributed by atoms with van der Waals surface area (Å²) >= 11 is 0. The Morgan fingerprint density at radius 3 is 2.12 bits per heavy atom. The van der Waals surface area contributed by atoms with Crippen LogP contribution in [0.1, 0.15) is 72.1 Å². The summed E-state index contributed by atoms with van der Waals surface area (Å²) in [5.74, 6) is 0.528. The van der Waals surface area contributed by atoms with Crippen molar-refractivity contribution in [2.45, 2.75) is 77.7 Å². The van der Waals surface area contributed by atoms with E-state index in [1.807, 2.05) is 0 Å². The van der Waals surface area contributed by atoms with Crippen LogP contribution < -0.4 is 16.0 Å². The Kier molecular flexibility index (Phi) is 10.1. The maximum absolute atomic E-state index is 11.9. The number of rotatable bonds is 9. The molecule has 0 bridgehead atoms. The molecule has 150 valence electrons. The van der Waals surface area contributed by atoms with Gasteiger partial charge in [0.25, 0.3) is 0 Å². The van der Waals surface area contributed by atoms with Crippen molar-refractivity contribution in [2.24, 2.45) is 5.92 Å². The van der Waals surface area contributed by atoms with Crippen LogP contribution in [0, 0.1) is 5.92 Å². The molecule has 0 atom stereocenters. The fourth-order valence-electron chi connectivity index (χ4n) is 2.95. The normalized spacial score (nSPS) is 15.2. The first-order valence-corrected chi connectivity index (χ1v) is 9.76. The summed E-state index contributed by atoms with van der Waals surface area (Å²) in [6, 6.07) is 0. The highest BCUT2D eigenvalue weighted by atomic mass is 16.6. The molecule has 1 aliphatic rings. The third kappa shape index (κ3) is 11.7. The van der Waals surface area contributed by atoms with Gasteiger partial charge in [-0.15, -0.1) is 0 Å². The summed E-state index contributed by atoms with van der Waals surface area (Å²) in [5, 5.41) is 8.24. The van der Waals surface area contributed by atoms with Crippen LogP contribution in [-0.2, 0) is 14.3 Å². The minimum Gasteiger partial charge on any atom is -0.444 e. The molecule has 26 heavy (non-hydrogen) atoms. The van der Waals surface area contributed by atoms with E-state index in [-0.39, 0.29) is 24.8 Å². The van der Waals surface area contributed by atoms with Crippen molar-refractivity contribution in [3.8, 4) is 0 Å². The Balaban J connectivity index is 1.97. The van der Waals surface area contributed by atoms with Gasteiger partial charge in [-0.05, 0) is 46.0 Å². The zero-order valence-corrected chi connectivity index (χ0v) is 16.5. The van der Waals surface area contributed by atoms with Gasteiger partial charge in [0.2, 0.25) is 11.8 Å². The Hall–Kier alpha value is -1.79. The molecule has 0 radical (unpaired) electrons. The van der Waals surface area contributed by atoms with E-state index in [1.165, 1.54) is 32.1 Å². The predicted molar refractivity (Wildman–Crippen MR) is 101 cm³/mol. The van der Waals surface area contributed by atoms with E-state index in [4.69, 9.17) is 4.74 Å². The Bertz CT molecular complexity index is 454. The highest BCUT2D eigenvalue weighted by molar-refractivity contribution is 5.77. The largest absolute Gasteiger partial charge is 0.444 e. The molecule has 0 aromatic carbocycles. The lowest BCUT2D eigenvalue weighted by Gasteiger charge is -2.20. The molecule has 1 rings (SSSR count). The summed E-state index contributed by atoms with van der Waals surface area (Å²) in [4.78, 5) is 35.0. The van der Waals surface area contributed by atoms with Gasteiger partial charge in [-0.3, -0.25) is 9.59 Å². The maximum atomic E-state index is 11.9. The van der Waals surface area contributed by atoms with Crippen molar-refractivity contribution in [1.82, 2.24) is 16.0 Å². The van der Waals surface area contributed by atoms with E-state index < -0.39 is 11.7 Å². The number of hydrogen-bond acceptors (Lipinski definition) is 4. The maximum Gasteiger partial charge on any atom is 0.407 e. The SMILES string of the molecule is CC(C)(C)OC(=O)NCCC(=O)NCCCNC(=O)CC1CCCCC1. The summed E-state index contributed by atoms with van der Waals surface area (Å²) < 4.78 is 5.09. The van der Waals surface area contributed by atoms with Crippen LogP contribution >= 0.6 is 0 Å². The van der Waals surface area contributed by atoms with Crippen LogP contribution in [0.2, 0.25) is 0 Å². The molecule has 1 aliphatic carbocycles. The van der Waals surface area contributed by atoms with Gasteiger partial charge in [-0.25, -0.2) is 4.79 Å². The molecule has 0 saturated heterocycles. The van der Waals surface area contributed by atoms with E-state index in [1.54, 1.807) is 20.8 Å². The predicted octanol–water partition coefficient (Wildman–Crippen LogP) is 2.49. The van der Waals surface area contributed by atoms with E-state index in [0.29, 0.717) is 31.8 Å². The van der Waals surface area contributed by atoms with Gasteiger partial charge in [0.15, 0.2) is 0 Å². The Morgan fingerprint density at radius 1 is 0.885 bits per heavy atom. The first-order valence-electron chi connectivity index (χ1n) is 9.76. The highest BCUT2D eigenvalue weighted by Crippen LogP contribution is 2.25. The van der Waals surface area contributed by atoms with Crippen molar-refractivity contribution in [1.29, 1.82) is 0 Å². The van der Waals surface area contributed by atoms with Crippen LogP contribution in [-0.4, -0.2) is 43.1 Å². The van der Waals surface area contributed by atoms with Crippen molar-refractivity contribution >= 4 is 17.9 Å². The van der Waals surface area contributed by atoms with Gasteiger partial charge in [0.05, 0.1) is 0 Å². The van der Waals surface area contributed by atoms with Crippen molar-refractivity contribution in [2.75, 3.05) is 19.6 Å². The van der Waals surface area contributed by atoms with E-state index >= 15 is 0 Å². The van der Waals surface area contributed by atoms with Gasteiger partial charge in [-0.2, -0.15) is 0 Å². The summed E-state index contributed by atoms with van der Waals surface area (Å²) in [6.45, 7) is 6.67. The van der Waals surface area contributed by atoms with E-state index in [2.05, 4.69) is 16.0 Å². The Labute approximate surface area is 157 Å². The number of hydrogen-bond donors (Lipinski definition) is 3. The van der Waals surface area contributed by atoms with Gasteiger partial charge < -0.3 is 20.7 Å². The molecule has 7 nitrogen and oxygen atoms in total. The summed E-state index contributed by atoms with van der Waals surface area (Å²) in [5.41, 5.74) is -0.548. The Morgan fingerprint density at radius 2 is 1.50 bits per heavy atom. The first-order chi connectivity index (χ1) is 12.3. The molecule has 1 fully saturated rings. The average Bonchev–Trinajstić information content (AvgIpc) is 2.53. The number of amides is 3. The van der Waals surface area contributed by atoms with Crippen molar-refractivity contribution in [3.05, 3.63) is 0 Å². The zero-order valence-electron chi connectivity index (χ0n) is 16.5. The third-order valence-corrected chi connectivity index (χ3v) is 4.22. The molecule has 7 heteroatoms. The van der Waals surface area contributed by atoms with Gasteiger partial charge in [0.1, 0.15) is 5.60 Å². The zero-order chi connectivity index (χ0) is 19.4. The monoisotopic (exact) mass is 369 g/mol. The molecule has 0 aromatic rings. The van der Waals surface area contributed by atoms with Crippen LogP contribution in [0.4, 0.5) is 4.79 Å². The lowest BCUT2D eigenvalue weighted by molar-refractivity contribution is -0.122. The van der Waals surface area contributed by atoms with Crippen molar-refractivity contribution in [3.63, 3.8) is 0 Å². The second-order valence-electron chi connectivity index (χ2n) is 7.94. The lowest BCUT2D eigenvalue weighted by Crippen LogP contribution is -2.35. The molecule has 0 heterocycles. The number of ether oxygens (including phenoxy) is 1.